The Morgan fingerprint density at radius 2 is 2.05 bits per heavy atom. The second-order valence-corrected chi connectivity index (χ2v) is 5.64. The summed E-state index contributed by atoms with van der Waals surface area (Å²) in [5.74, 6) is 0. The molecule has 0 saturated carbocycles. The molecule has 1 aromatic carbocycles. The van der Waals surface area contributed by atoms with E-state index >= 15 is 0 Å². The summed E-state index contributed by atoms with van der Waals surface area (Å²) in [7, 11) is 0. The van der Waals surface area contributed by atoms with E-state index in [-0.39, 0.29) is 0 Å². The standard InChI is InChI=1S/C18H21N/c1-13(2)19-10-8-15(9-11-19)16-6-7-18-14(3)4-5-17(18)12-16/h6-8,12H,1,3-5,9-11H2,2H3. The average Bonchev–Trinajstić information content (AvgIpc) is 2.80. The molecule has 1 nitrogen and oxygen atoms in total. The van der Waals surface area contributed by atoms with Gasteiger partial charge in [-0.15, -0.1) is 0 Å². The van der Waals surface area contributed by atoms with Crippen LogP contribution in [0.15, 0.2) is 43.1 Å². The Morgan fingerprint density at radius 3 is 2.74 bits per heavy atom. The fourth-order valence-electron chi connectivity index (χ4n) is 3.04. The summed E-state index contributed by atoms with van der Waals surface area (Å²) >= 11 is 0. The van der Waals surface area contributed by atoms with Crippen molar-refractivity contribution in [1.29, 1.82) is 0 Å². The molecule has 1 aromatic rings. The highest BCUT2D eigenvalue weighted by Gasteiger charge is 2.17. The lowest BCUT2D eigenvalue weighted by Gasteiger charge is -2.28. The number of nitrogens with zero attached hydrogens (tertiary/aromatic N) is 1. The van der Waals surface area contributed by atoms with E-state index in [1.807, 2.05) is 0 Å². The minimum Gasteiger partial charge on any atom is -0.371 e. The van der Waals surface area contributed by atoms with Crippen LogP contribution in [0.1, 0.15) is 36.5 Å². The highest BCUT2D eigenvalue weighted by molar-refractivity contribution is 5.75. The molecule has 0 aromatic heterocycles. The number of aryl methyl sites for hydroxylation is 1. The molecule has 1 heterocycles. The molecule has 0 fully saturated rings. The van der Waals surface area contributed by atoms with Crippen LogP contribution in [-0.4, -0.2) is 18.0 Å². The van der Waals surface area contributed by atoms with Crippen LogP contribution in [0, 0.1) is 0 Å². The minimum absolute atomic E-state index is 0.995. The first-order valence-electron chi connectivity index (χ1n) is 7.06. The molecule has 0 radical (unpaired) electrons. The molecule has 1 heteroatoms. The van der Waals surface area contributed by atoms with Crippen molar-refractivity contribution in [2.45, 2.75) is 26.2 Å². The predicted molar refractivity (Wildman–Crippen MR) is 82.8 cm³/mol. The lowest BCUT2D eigenvalue weighted by Crippen LogP contribution is -2.26. The lowest BCUT2D eigenvalue weighted by molar-refractivity contribution is 0.381. The zero-order valence-electron chi connectivity index (χ0n) is 11.7. The van der Waals surface area contributed by atoms with E-state index < -0.39 is 0 Å². The second kappa shape index (κ2) is 4.73. The van der Waals surface area contributed by atoms with E-state index in [9.17, 15) is 0 Å². The van der Waals surface area contributed by atoms with Crippen LogP contribution < -0.4 is 0 Å². The molecular weight excluding hydrogens is 230 g/mol. The van der Waals surface area contributed by atoms with Crippen LogP contribution in [0.4, 0.5) is 0 Å². The van der Waals surface area contributed by atoms with Crippen molar-refractivity contribution in [3.63, 3.8) is 0 Å². The van der Waals surface area contributed by atoms with E-state index in [0.29, 0.717) is 0 Å². The maximum absolute atomic E-state index is 4.14. The third-order valence-electron chi connectivity index (χ3n) is 4.30. The van der Waals surface area contributed by atoms with Crippen molar-refractivity contribution in [1.82, 2.24) is 4.90 Å². The zero-order chi connectivity index (χ0) is 13.4. The molecule has 0 saturated heterocycles. The molecule has 0 spiro atoms. The first kappa shape index (κ1) is 12.3. The first-order chi connectivity index (χ1) is 9.15. The minimum atomic E-state index is 0.995. The molecule has 0 N–H and O–H groups in total. The Balaban J connectivity index is 1.85. The van der Waals surface area contributed by atoms with E-state index in [0.717, 1.165) is 32.4 Å². The highest BCUT2D eigenvalue weighted by atomic mass is 15.1. The molecule has 2 aliphatic rings. The summed E-state index contributed by atoms with van der Waals surface area (Å²) in [6, 6.07) is 6.89. The molecule has 0 unspecified atom stereocenters. The number of rotatable bonds is 2. The van der Waals surface area contributed by atoms with Gasteiger partial charge in [0.2, 0.25) is 0 Å². The van der Waals surface area contributed by atoms with Crippen LogP contribution in [-0.2, 0) is 6.42 Å². The van der Waals surface area contributed by atoms with Crippen molar-refractivity contribution < 1.29 is 0 Å². The summed E-state index contributed by atoms with van der Waals surface area (Å²) in [5, 5.41) is 0. The average molecular weight is 251 g/mol. The van der Waals surface area contributed by atoms with Gasteiger partial charge in [0.15, 0.2) is 0 Å². The van der Waals surface area contributed by atoms with Gasteiger partial charge in [-0.3, -0.25) is 0 Å². The SMILES string of the molecule is C=C1CCc2cc(C3=CCN(C(=C)C)CC3)ccc21. The van der Waals surface area contributed by atoms with Gasteiger partial charge in [-0.05, 0) is 54.0 Å². The number of hydrogen-bond acceptors (Lipinski definition) is 1. The number of hydrogen-bond donors (Lipinski definition) is 0. The van der Waals surface area contributed by atoms with Gasteiger partial charge < -0.3 is 4.90 Å². The van der Waals surface area contributed by atoms with E-state index in [1.54, 1.807) is 0 Å². The first-order valence-corrected chi connectivity index (χ1v) is 7.06. The zero-order valence-corrected chi connectivity index (χ0v) is 11.7. The van der Waals surface area contributed by atoms with Crippen molar-refractivity contribution in [3.8, 4) is 0 Å². The van der Waals surface area contributed by atoms with Crippen LogP contribution in [0.25, 0.3) is 11.1 Å². The molecule has 1 aliphatic carbocycles. The van der Waals surface area contributed by atoms with Gasteiger partial charge in [-0.2, -0.15) is 0 Å². The van der Waals surface area contributed by atoms with Crippen LogP contribution in [0.5, 0.6) is 0 Å². The predicted octanol–water partition coefficient (Wildman–Crippen LogP) is 4.27. The molecule has 0 atom stereocenters. The second-order valence-electron chi connectivity index (χ2n) is 5.64. The maximum atomic E-state index is 4.14. The number of benzene rings is 1. The van der Waals surface area contributed by atoms with Crippen molar-refractivity contribution in [2.24, 2.45) is 0 Å². The van der Waals surface area contributed by atoms with Gasteiger partial charge in [0.25, 0.3) is 0 Å². The highest BCUT2D eigenvalue weighted by Crippen LogP contribution is 2.34. The van der Waals surface area contributed by atoms with Crippen LogP contribution >= 0.6 is 0 Å². The van der Waals surface area contributed by atoms with E-state index in [1.165, 1.54) is 33.5 Å². The molecule has 0 bridgehead atoms. The molecule has 98 valence electrons. The van der Waals surface area contributed by atoms with Crippen molar-refractivity contribution >= 4 is 11.1 Å². The van der Waals surface area contributed by atoms with Gasteiger partial charge in [-0.25, -0.2) is 0 Å². The topological polar surface area (TPSA) is 3.24 Å². The third-order valence-corrected chi connectivity index (χ3v) is 4.30. The lowest BCUT2D eigenvalue weighted by atomic mass is 9.96. The summed E-state index contributed by atoms with van der Waals surface area (Å²) in [6.45, 7) is 12.3. The summed E-state index contributed by atoms with van der Waals surface area (Å²) in [6.07, 6.45) is 5.75. The molecular formula is C18H21N. The Kier molecular flexibility index (Phi) is 3.06. The van der Waals surface area contributed by atoms with Gasteiger partial charge in [0.1, 0.15) is 0 Å². The van der Waals surface area contributed by atoms with Gasteiger partial charge in [-0.1, -0.05) is 37.4 Å². The third kappa shape index (κ3) is 2.25. The monoisotopic (exact) mass is 251 g/mol. The van der Waals surface area contributed by atoms with Crippen LogP contribution in [0.2, 0.25) is 0 Å². The number of allylic oxidation sites excluding steroid dienone is 2. The molecule has 0 amide bonds. The molecule has 19 heavy (non-hydrogen) atoms. The maximum Gasteiger partial charge on any atom is 0.0362 e. The van der Waals surface area contributed by atoms with Crippen molar-refractivity contribution in [3.05, 3.63) is 59.8 Å². The smallest absolute Gasteiger partial charge is 0.0362 e. The van der Waals surface area contributed by atoms with E-state index in [4.69, 9.17) is 0 Å². The summed E-state index contributed by atoms with van der Waals surface area (Å²) in [4.78, 5) is 2.33. The summed E-state index contributed by atoms with van der Waals surface area (Å²) in [5.41, 5.74) is 8.20. The normalized spacial score (nSPS) is 18.3. The summed E-state index contributed by atoms with van der Waals surface area (Å²) < 4.78 is 0. The Bertz CT molecular complexity index is 577. The molecule has 1 aliphatic heterocycles. The fraction of sp³-hybridized carbons (Fsp3) is 0.333. The largest absolute Gasteiger partial charge is 0.371 e. The van der Waals surface area contributed by atoms with Gasteiger partial charge in [0, 0.05) is 18.8 Å². The Hall–Kier alpha value is -1.76. The Morgan fingerprint density at radius 1 is 1.21 bits per heavy atom. The van der Waals surface area contributed by atoms with Gasteiger partial charge in [0.05, 0.1) is 0 Å². The van der Waals surface area contributed by atoms with E-state index in [2.05, 4.69) is 49.3 Å². The number of fused-ring (bicyclic) bond motifs is 1. The fourth-order valence-corrected chi connectivity index (χ4v) is 3.04. The molecule has 3 rings (SSSR count). The van der Waals surface area contributed by atoms with Crippen molar-refractivity contribution in [2.75, 3.05) is 13.1 Å². The quantitative estimate of drug-likeness (QED) is 0.758. The van der Waals surface area contributed by atoms with Gasteiger partial charge >= 0.3 is 0 Å². The van der Waals surface area contributed by atoms with Crippen LogP contribution in [0.3, 0.4) is 0 Å². The Labute approximate surface area is 115 Å².